The highest BCUT2D eigenvalue weighted by Crippen LogP contribution is 2.27. The summed E-state index contributed by atoms with van der Waals surface area (Å²) in [6, 6.07) is 13.5. The second-order valence-electron chi connectivity index (χ2n) is 6.24. The Bertz CT molecular complexity index is 1090. The lowest BCUT2D eigenvalue weighted by atomic mass is 10.1. The van der Waals surface area contributed by atoms with E-state index in [1.165, 1.54) is 24.3 Å². The van der Waals surface area contributed by atoms with Crippen molar-refractivity contribution in [2.75, 3.05) is 5.32 Å². The van der Waals surface area contributed by atoms with Gasteiger partial charge in [-0.05, 0) is 49.2 Å². The molecule has 28 heavy (non-hydrogen) atoms. The normalized spacial score (nSPS) is 11.0. The number of hydrogen-bond acceptors (Lipinski definition) is 4. The lowest BCUT2D eigenvalue weighted by molar-refractivity contribution is -0.384. The fourth-order valence-corrected chi connectivity index (χ4v) is 2.71. The van der Waals surface area contributed by atoms with Crippen LogP contribution in [0.5, 0.6) is 0 Å². The first-order valence-electron chi connectivity index (χ1n) is 8.44. The van der Waals surface area contributed by atoms with E-state index in [9.17, 15) is 14.9 Å². The number of nitrogens with one attached hydrogen (secondary N) is 1. The van der Waals surface area contributed by atoms with E-state index in [1.54, 1.807) is 25.1 Å². The van der Waals surface area contributed by atoms with Crippen LogP contribution in [0.1, 0.15) is 16.9 Å². The Kier molecular flexibility index (Phi) is 5.61. The van der Waals surface area contributed by atoms with Gasteiger partial charge in [-0.1, -0.05) is 29.8 Å². The summed E-state index contributed by atoms with van der Waals surface area (Å²) in [5.41, 5.74) is 2.84. The number of carbonyl (C=O) groups is 1. The second-order valence-corrected chi connectivity index (χ2v) is 6.65. The van der Waals surface area contributed by atoms with Crippen LogP contribution in [-0.2, 0) is 4.79 Å². The molecule has 1 heterocycles. The van der Waals surface area contributed by atoms with Crippen LogP contribution in [0, 0.1) is 24.0 Å². The standard InChI is InChI=1S/C21H17ClN2O4/c1-13-3-5-15(11-18(13)22)20-9-7-17(28-20)8-10-21(25)23-19-12-16(24(26)27)6-4-14(19)2/h3-12H,1-2H3,(H,23,25)/b10-8+. The van der Waals surface area contributed by atoms with Gasteiger partial charge in [-0.2, -0.15) is 0 Å². The number of nitro groups is 1. The summed E-state index contributed by atoms with van der Waals surface area (Å²) < 4.78 is 5.72. The molecule has 0 atom stereocenters. The molecule has 0 unspecified atom stereocenters. The number of non-ortho nitro benzene ring substituents is 1. The first-order chi connectivity index (χ1) is 13.3. The number of halogens is 1. The first kappa shape index (κ1) is 19.4. The van der Waals surface area contributed by atoms with Gasteiger partial charge >= 0.3 is 0 Å². The zero-order chi connectivity index (χ0) is 20.3. The Morgan fingerprint density at radius 2 is 1.86 bits per heavy atom. The number of nitro benzene ring substituents is 1. The lowest BCUT2D eigenvalue weighted by Crippen LogP contribution is -2.09. The molecule has 0 saturated carbocycles. The summed E-state index contributed by atoms with van der Waals surface area (Å²) in [6.07, 6.45) is 2.84. The fourth-order valence-electron chi connectivity index (χ4n) is 2.53. The van der Waals surface area contributed by atoms with Gasteiger partial charge in [0.25, 0.3) is 5.69 Å². The molecule has 0 fully saturated rings. The molecule has 6 nitrogen and oxygen atoms in total. The average molecular weight is 397 g/mol. The third kappa shape index (κ3) is 4.47. The molecule has 0 saturated heterocycles. The summed E-state index contributed by atoms with van der Waals surface area (Å²) in [5.74, 6) is 0.717. The number of anilines is 1. The van der Waals surface area contributed by atoms with Crippen LogP contribution >= 0.6 is 11.6 Å². The molecule has 0 aliphatic heterocycles. The molecule has 0 spiro atoms. The van der Waals surface area contributed by atoms with Gasteiger partial charge in [0.1, 0.15) is 11.5 Å². The maximum Gasteiger partial charge on any atom is 0.271 e. The topological polar surface area (TPSA) is 85.4 Å². The smallest absolute Gasteiger partial charge is 0.271 e. The van der Waals surface area contributed by atoms with Crippen molar-refractivity contribution < 1.29 is 14.1 Å². The highest BCUT2D eigenvalue weighted by molar-refractivity contribution is 6.31. The number of aryl methyl sites for hydroxylation is 2. The van der Waals surface area contributed by atoms with Crippen LogP contribution < -0.4 is 5.32 Å². The van der Waals surface area contributed by atoms with Crippen LogP contribution in [0.3, 0.4) is 0 Å². The fraction of sp³-hybridized carbons (Fsp3) is 0.0952. The van der Waals surface area contributed by atoms with E-state index in [-0.39, 0.29) is 5.69 Å². The van der Waals surface area contributed by atoms with Crippen LogP contribution in [0.4, 0.5) is 11.4 Å². The summed E-state index contributed by atoms with van der Waals surface area (Å²) >= 11 is 6.14. The number of carbonyl (C=O) groups excluding carboxylic acids is 1. The van der Waals surface area contributed by atoms with Crippen molar-refractivity contribution in [1.29, 1.82) is 0 Å². The number of benzene rings is 2. The molecule has 0 aliphatic rings. The van der Waals surface area contributed by atoms with Crippen molar-refractivity contribution in [2.45, 2.75) is 13.8 Å². The highest BCUT2D eigenvalue weighted by atomic mass is 35.5. The van der Waals surface area contributed by atoms with Crippen LogP contribution in [0.15, 0.2) is 59.0 Å². The minimum Gasteiger partial charge on any atom is -0.457 e. The molecule has 3 rings (SSSR count). The minimum atomic E-state index is -0.507. The van der Waals surface area contributed by atoms with E-state index < -0.39 is 10.8 Å². The molecular weight excluding hydrogens is 380 g/mol. The molecule has 3 aromatic rings. The Labute approximate surface area is 166 Å². The maximum absolute atomic E-state index is 12.2. The largest absolute Gasteiger partial charge is 0.457 e. The molecule has 0 aliphatic carbocycles. The Morgan fingerprint density at radius 1 is 1.11 bits per heavy atom. The number of rotatable bonds is 5. The molecule has 0 bridgehead atoms. The molecule has 1 N–H and O–H groups in total. The molecule has 2 aromatic carbocycles. The van der Waals surface area contributed by atoms with Gasteiger partial charge in [-0.15, -0.1) is 0 Å². The lowest BCUT2D eigenvalue weighted by Gasteiger charge is -2.05. The van der Waals surface area contributed by atoms with Crippen LogP contribution in [0.2, 0.25) is 5.02 Å². The summed E-state index contributed by atoms with van der Waals surface area (Å²) in [4.78, 5) is 22.5. The summed E-state index contributed by atoms with van der Waals surface area (Å²) in [6.45, 7) is 3.68. The van der Waals surface area contributed by atoms with Gasteiger partial charge in [0.15, 0.2) is 0 Å². The molecule has 0 radical (unpaired) electrons. The molecule has 1 aromatic heterocycles. The Balaban J connectivity index is 1.71. The van der Waals surface area contributed by atoms with E-state index in [0.717, 1.165) is 16.7 Å². The van der Waals surface area contributed by atoms with E-state index in [4.69, 9.17) is 16.0 Å². The first-order valence-corrected chi connectivity index (χ1v) is 8.82. The van der Waals surface area contributed by atoms with Gasteiger partial charge in [-0.3, -0.25) is 14.9 Å². The quantitative estimate of drug-likeness (QED) is 0.336. The third-order valence-corrected chi connectivity index (χ3v) is 4.58. The molecule has 7 heteroatoms. The molecule has 1 amide bonds. The molecule has 142 valence electrons. The predicted molar refractivity (Wildman–Crippen MR) is 109 cm³/mol. The van der Waals surface area contributed by atoms with Crippen molar-refractivity contribution in [1.82, 2.24) is 0 Å². The number of hydrogen-bond donors (Lipinski definition) is 1. The molecular formula is C21H17ClN2O4. The van der Waals surface area contributed by atoms with Crippen molar-refractivity contribution in [2.24, 2.45) is 0 Å². The monoisotopic (exact) mass is 396 g/mol. The zero-order valence-corrected chi connectivity index (χ0v) is 16.0. The van der Waals surface area contributed by atoms with Gasteiger partial charge in [0.2, 0.25) is 5.91 Å². The van der Waals surface area contributed by atoms with E-state index in [0.29, 0.717) is 22.2 Å². The van der Waals surface area contributed by atoms with Gasteiger partial charge in [0, 0.05) is 28.8 Å². The van der Waals surface area contributed by atoms with Crippen molar-refractivity contribution >= 4 is 35.0 Å². The van der Waals surface area contributed by atoms with Crippen molar-refractivity contribution in [3.63, 3.8) is 0 Å². The van der Waals surface area contributed by atoms with E-state index >= 15 is 0 Å². The average Bonchev–Trinajstić information content (AvgIpc) is 3.13. The van der Waals surface area contributed by atoms with Gasteiger partial charge < -0.3 is 9.73 Å². The van der Waals surface area contributed by atoms with E-state index in [1.807, 2.05) is 25.1 Å². The van der Waals surface area contributed by atoms with Gasteiger partial charge in [-0.25, -0.2) is 0 Å². The van der Waals surface area contributed by atoms with Crippen molar-refractivity contribution in [3.8, 4) is 11.3 Å². The van der Waals surface area contributed by atoms with Crippen LogP contribution in [0.25, 0.3) is 17.4 Å². The highest BCUT2D eigenvalue weighted by Gasteiger charge is 2.10. The maximum atomic E-state index is 12.2. The zero-order valence-electron chi connectivity index (χ0n) is 15.2. The second kappa shape index (κ2) is 8.10. The van der Waals surface area contributed by atoms with Crippen molar-refractivity contribution in [3.05, 3.63) is 86.6 Å². The van der Waals surface area contributed by atoms with Crippen LogP contribution in [-0.4, -0.2) is 10.8 Å². The SMILES string of the molecule is Cc1ccc(-c2ccc(/C=C/C(=O)Nc3cc([N+](=O)[O-])ccc3C)o2)cc1Cl. The third-order valence-electron chi connectivity index (χ3n) is 4.17. The number of amides is 1. The van der Waals surface area contributed by atoms with E-state index in [2.05, 4.69) is 5.32 Å². The number of nitrogens with zero attached hydrogens (tertiary/aromatic N) is 1. The van der Waals surface area contributed by atoms with Gasteiger partial charge in [0.05, 0.1) is 10.6 Å². The Hall–Kier alpha value is -3.38. The summed E-state index contributed by atoms with van der Waals surface area (Å²) in [7, 11) is 0. The summed E-state index contributed by atoms with van der Waals surface area (Å²) in [5, 5.41) is 14.2. The predicted octanol–water partition coefficient (Wildman–Crippen LogP) is 5.78. The minimum absolute atomic E-state index is 0.0858. The Morgan fingerprint density at radius 3 is 2.57 bits per heavy atom. The number of furan rings is 1.